The summed E-state index contributed by atoms with van der Waals surface area (Å²) in [6, 6.07) is 3.49. The predicted octanol–water partition coefficient (Wildman–Crippen LogP) is 0.949. The van der Waals surface area contributed by atoms with Crippen LogP contribution in [-0.4, -0.2) is 100 Å². The molecule has 3 aliphatic rings. The highest BCUT2D eigenvalue weighted by atomic mass is 16.3. The maximum atomic E-state index is 13.3. The molecule has 3 aliphatic heterocycles. The van der Waals surface area contributed by atoms with Crippen molar-refractivity contribution in [2.45, 2.75) is 32.3 Å². The first-order valence-corrected chi connectivity index (χ1v) is 12.1. The second-order valence-corrected chi connectivity index (χ2v) is 9.27. The summed E-state index contributed by atoms with van der Waals surface area (Å²) in [6.45, 7) is 6.92. The Hall–Kier alpha value is -3.11. The molecule has 0 spiro atoms. The van der Waals surface area contributed by atoms with Gasteiger partial charge in [-0.25, -0.2) is 15.0 Å². The first-order chi connectivity index (χ1) is 16.5. The molecule has 5 rings (SSSR count). The molecule has 34 heavy (non-hydrogen) atoms. The quantitative estimate of drug-likeness (QED) is 0.624. The monoisotopic (exact) mass is 465 g/mol. The zero-order valence-electron chi connectivity index (χ0n) is 19.6. The highest BCUT2D eigenvalue weighted by Gasteiger charge is 2.40. The normalized spacial score (nSPS) is 20.1. The van der Waals surface area contributed by atoms with Gasteiger partial charge >= 0.3 is 0 Å². The maximum Gasteiger partial charge on any atom is 0.265 e. The SMILES string of the molecule is Cc1cc2c(c(N3CCCCC3)n1)C(=O)N(CC(O)CN1CCN(c3ncccn3)CC1)C2=O. The van der Waals surface area contributed by atoms with Crippen molar-refractivity contribution in [3.05, 3.63) is 41.3 Å². The lowest BCUT2D eigenvalue weighted by atomic mass is 10.1. The summed E-state index contributed by atoms with van der Waals surface area (Å²) in [5, 5.41) is 10.8. The van der Waals surface area contributed by atoms with E-state index >= 15 is 0 Å². The van der Waals surface area contributed by atoms with Crippen molar-refractivity contribution in [3.63, 3.8) is 0 Å². The van der Waals surface area contributed by atoms with Crippen LogP contribution in [0.5, 0.6) is 0 Å². The number of aryl methyl sites for hydroxylation is 1. The van der Waals surface area contributed by atoms with Gasteiger partial charge in [-0.15, -0.1) is 0 Å². The van der Waals surface area contributed by atoms with Gasteiger partial charge in [0.2, 0.25) is 5.95 Å². The average molecular weight is 466 g/mol. The third-order valence-corrected chi connectivity index (χ3v) is 6.79. The molecule has 1 unspecified atom stereocenters. The number of fused-ring (bicyclic) bond motifs is 1. The van der Waals surface area contributed by atoms with Crippen LogP contribution >= 0.6 is 0 Å². The summed E-state index contributed by atoms with van der Waals surface area (Å²) in [4.78, 5) is 47.2. The number of carbonyl (C=O) groups is 2. The van der Waals surface area contributed by atoms with Gasteiger partial charge in [-0.3, -0.25) is 19.4 Å². The smallest absolute Gasteiger partial charge is 0.265 e. The second-order valence-electron chi connectivity index (χ2n) is 9.27. The van der Waals surface area contributed by atoms with Crippen molar-refractivity contribution in [2.75, 3.05) is 62.2 Å². The van der Waals surface area contributed by atoms with Crippen molar-refractivity contribution in [2.24, 2.45) is 0 Å². The number of β-amino-alcohol motifs (C(OH)–C–C–N with tert-alkyl or cyclic N) is 1. The molecule has 5 heterocycles. The number of nitrogens with zero attached hydrogens (tertiary/aromatic N) is 7. The van der Waals surface area contributed by atoms with Gasteiger partial charge in [0.15, 0.2) is 0 Å². The van der Waals surface area contributed by atoms with Gasteiger partial charge in [-0.05, 0) is 38.3 Å². The Morgan fingerprint density at radius 2 is 1.62 bits per heavy atom. The summed E-state index contributed by atoms with van der Waals surface area (Å²) in [7, 11) is 0. The largest absolute Gasteiger partial charge is 0.390 e. The van der Waals surface area contributed by atoms with Crippen molar-refractivity contribution in [1.82, 2.24) is 24.8 Å². The minimum atomic E-state index is -0.825. The summed E-state index contributed by atoms with van der Waals surface area (Å²) in [5.74, 6) is 0.637. The molecule has 0 aromatic carbocycles. The number of rotatable bonds is 6. The van der Waals surface area contributed by atoms with Crippen LogP contribution in [0.2, 0.25) is 0 Å². The van der Waals surface area contributed by atoms with Gasteiger partial charge in [0.25, 0.3) is 11.8 Å². The van der Waals surface area contributed by atoms with E-state index in [1.807, 2.05) is 6.92 Å². The first kappa shape index (κ1) is 22.7. The molecule has 10 nitrogen and oxygen atoms in total. The number of carbonyl (C=O) groups excluding carboxylic acids is 2. The van der Waals surface area contributed by atoms with Crippen molar-refractivity contribution >= 4 is 23.6 Å². The van der Waals surface area contributed by atoms with Crippen LogP contribution in [0, 0.1) is 6.92 Å². The Balaban J connectivity index is 1.22. The van der Waals surface area contributed by atoms with Crippen LogP contribution in [0.1, 0.15) is 45.7 Å². The number of hydrogen-bond acceptors (Lipinski definition) is 9. The zero-order chi connectivity index (χ0) is 23.7. The van der Waals surface area contributed by atoms with Gasteiger partial charge in [0.1, 0.15) is 5.82 Å². The number of piperidine rings is 1. The van der Waals surface area contributed by atoms with Crippen LogP contribution in [0.15, 0.2) is 24.5 Å². The molecule has 10 heteroatoms. The zero-order valence-corrected chi connectivity index (χ0v) is 19.6. The molecule has 180 valence electrons. The number of amides is 2. The van der Waals surface area contributed by atoms with Crippen molar-refractivity contribution in [3.8, 4) is 0 Å². The van der Waals surface area contributed by atoms with E-state index in [0.717, 1.165) is 57.8 Å². The summed E-state index contributed by atoms with van der Waals surface area (Å²) in [5.41, 5.74) is 1.52. The molecule has 2 saturated heterocycles. The van der Waals surface area contributed by atoms with E-state index in [-0.39, 0.29) is 18.4 Å². The van der Waals surface area contributed by atoms with E-state index in [1.165, 1.54) is 11.3 Å². The second kappa shape index (κ2) is 9.63. The minimum Gasteiger partial charge on any atom is -0.390 e. The van der Waals surface area contributed by atoms with Gasteiger partial charge in [-0.2, -0.15) is 0 Å². The Morgan fingerprint density at radius 3 is 2.32 bits per heavy atom. The number of aliphatic hydroxyl groups is 1. The van der Waals surface area contributed by atoms with E-state index in [2.05, 4.69) is 29.7 Å². The van der Waals surface area contributed by atoms with Crippen LogP contribution in [0.4, 0.5) is 11.8 Å². The number of pyridine rings is 1. The molecule has 2 aromatic heterocycles. The third-order valence-electron chi connectivity index (χ3n) is 6.79. The number of aromatic nitrogens is 3. The van der Waals surface area contributed by atoms with Gasteiger partial charge in [-0.1, -0.05) is 0 Å². The number of aliphatic hydroxyl groups excluding tert-OH is 1. The number of piperazine rings is 1. The molecule has 0 saturated carbocycles. The highest BCUT2D eigenvalue weighted by molar-refractivity contribution is 6.23. The Kier molecular flexibility index (Phi) is 6.42. The van der Waals surface area contributed by atoms with Crippen molar-refractivity contribution < 1.29 is 14.7 Å². The van der Waals surface area contributed by atoms with E-state index in [1.54, 1.807) is 24.5 Å². The van der Waals surface area contributed by atoms with E-state index in [9.17, 15) is 14.7 Å². The Bertz CT molecular complexity index is 1050. The van der Waals surface area contributed by atoms with Crippen molar-refractivity contribution in [1.29, 1.82) is 0 Å². The van der Waals surface area contributed by atoms with Gasteiger partial charge < -0.3 is 14.9 Å². The fraction of sp³-hybridized carbons (Fsp3) is 0.542. The third kappa shape index (κ3) is 4.47. The predicted molar refractivity (Wildman–Crippen MR) is 127 cm³/mol. The molecular formula is C24H31N7O3. The van der Waals surface area contributed by atoms with Crippen LogP contribution < -0.4 is 9.80 Å². The molecule has 2 fully saturated rings. The van der Waals surface area contributed by atoms with Crippen LogP contribution in [0.3, 0.4) is 0 Å². The highest BCUT2D eigenvalue weighted by Crippen LogP contribution is 2.32. The van der Waals surface area contributed by atoms with Crippen LogP contribution in [0.25, 0.3) is 0 Å². The Morgan fingerprint density at radius 1 is 0.912 bits per heavy atom. The molecule has 1 atom stereocenters. The standard InChI is InChI=1S/C24H31N7O3/c1-17-14-19-20(21(27-17)29-8-3-2-4-9-29)23(34)31(22(19)33)16-18(32)15-28-10-12-30(13-11-28)24-25-6-5-7-26-24/h5-7,14,18,32H,2-4,8-13,15-16H2,1H3. The number of imide groups is 1. The molecule has 2 amide bonds. The summed E-state index contributed by atoms with van der Waals surface area (Å²) >= 11 is 0. The lowest BCUT2D eigenvalue weighted by Gasteiger charge is -2.35. The number of anilines is 2. The van der Waals surface area contributed by atoms with Gasteiger partial charge in [0, 0.05) is 63.9 Å². The maximum absolute atomic E-state index is 13.3. The number of hydrogen-bond donors (Lipinski definition) is 1. The fourth-order valence-corrected chi connectivity index (χ4v) is 5.06. The van der Waals surface area contributed by atoms with Gasteiger partial charge in [0.05, 0.1) is 23.8 Å². The average Bonchev–Trinajstić information content (AvgIpc) is 3.09. The van der Waals surface area contributed by atoms with E-state index in [4.69, 9.17) is 0 Å². The lowest BCUT2D eigenvalue weighted by Crippen LogP contribution is -2.50. The molecule has 2 aromatic rings. The minimum absolute atomic E-state index is 0.0210. The summed E-state index contributed by atoms with van der Waals surface area (Å²) < 4.78 is 0. The molecule has 0 aliphatic carbocycles. The topological polar surface area (TPSA) is 106 Å². The van der Waals surface area contributed by atoms with E-state index < -0.39 is 6.10 Å². The first-order valence-electron chi connectivity index (χ1n) is 12.1. The molecular weight excluding hydrogens is 434 g/mol. The lowest BCUT2D eigenvalue weighted by molar-refractivity contribution is 0.0469. The van der Waals surface area contributed by atoms with Crippen LogP contribution in [-0.2, 0) is 0 Å². The van der Waals surface area contributed by atoms with E-state index in [0.29, 0.717) is 29.4 Å². The molecule has 0 bridgehead atoms. The Labute approximate surface area is 199 Å². The fourth-order valence-electron chi connectivity index (χ4n) is 5.06. The summed E-state index contributed by atoms with van der Waals surface area (Å²) in [6.07, 6.45) is 5.91. The molecule has 0 radical (unpaired) electrons. The molecule has 1 N–H and O–H groups in total.